The largest absolute Gasteiger partial charge is 0.495 e. The van der Waals surface area contributed by atoms with E-state index in [9.17, 15) is 16.8 Å². The van der Waals surface area contributed by atoms with Crippen molar-refractivity contribution in [2.24, 2.45) is 0 Å². The molecule has 0 aromatic heterocycles. The predicted molar refractivity (Wildman–Crippen MR) is 99.1 cm³/mol. The van der Waals surface area contributed by atoms with Gasteiger partial charge in [-0.1, -0.05) is 18.2 Å². The molecule has 0 spiro atoms. The Morgan fingerprint density at radius 2 is 1.63 bits per heavy atom. The molecule has 27 heavy (non-hydrogen) atoms. The van der Waals surface area contributed by atoms with Crippen molar-refractivity contribution in [3.63, 3.8) is 0 Å². The van der Waals surface area contributed by atoms with Crippen LogP contribution in [0.3, 0.4) is 0 Å². The van der Waals surface area contributed by atoms with Crippen LogP contribution in [0.15, 0.2) is 63.2 Å². The molecule has 2 aromatic carbocycles. The summed E-state index contributed by atoms with van der Waals surface area (Å²) >= 11 is 0. The van der Waals surface area contributed by atoms with Gasteiger partial charge >= 0.3 is 0 Å². The Morgan fingerprint density at radius 1 is 0.963 bits per heavy atom. The lowest BCUT2D eigenvalue weighted by molar-refractivity contribution is 0.0832. The third-order valence-electron chi connectivity index (χ3n) is 4.33. The minimum absolute atomic E-state index is 0.0848. The molecule has 1 fully saturated rings. The molecule has 1 heterocycles. The molecular formula is C18H21NO6S2. The molecule has 0 radical (unpaired) electrons. The summed E-state index contributed by atoms with van der Waals surface area (Å²) in [7, 11) is -6.47. The van der Waals surface area contributed by atoms with Crippen molar-refractivity contribution in [2.45, 2.75) is 33.6 Å². The zero-order valence-electron chi connectivity index (χ0n) is 14.8. The predicted octanol–water partition coefficient (Wildman–Crippen LogP) is 1.99. The SMILES string of the molecule is COc1ccc(S(=O)(=O)c2ccccc2)cc1S(=O)(=O)NC1CCOCC1. The lowest BCUT2D eigenvalue weighted by atomic mass is 10.1. The van der Waals surface area contributed by atoms with Crippen LogP contribution in [0.1, 0.15) is 12.8 Å². The van der Waals surface area contributed by atoms with Gasteiger partial charge in [0.05, 0.1) is 16.9 Å². The minimum Gasteiger partial charge on any atom is -0.495 e. The van der Waals surface area contributed by atoms with Gasteiger partial charge in [-0.15, -0.1) is 0 Å². The quantitative estimate of drug-likeness (QED) is 0.780. The van der Waals surface area contributed by atoms with Gasteiger partial charge in [0.1, 0.15) is 10.6 Å². The fourth-order valence-corrected chi connectivity index (χ4v) is 5.75. The summed E-state index contributed by atoms with van der Waals surface area (Å²) in [4.78, 5) is -0.216. The summed E-state index contributed by atoms with van der Waals surface area (Å²) in [5, 5.41) is 0. The van der Waals surface area contributed by atoms with E-state index in [4.69, 9.17) is 9.47 Å². The van der Waals surface area contributed by atoms with Gasteiger partial charge in [-0.25, -0.2) is 21.6 Å². The van der Waals surface area contributed by atoms with E-state index in [1.807, 2.05) is 0 Å². The number of benzene rings is 2. The zero-order valence-corrected chi connectivity index (χ0v) is 16.4. The topological polar surface area (TPSA) is 98.8 Å². The molecule has 1 aliphatic heterocycles. The molecule has 0 atom stereocenters. The van der Waals surface area contributed by atoms with E-state index < -0.39 is 19.9 Å². The van der Waals surface area contributed by atoms with Gasteiger partial charge in [0.15, 0.2) is 0 Å². The van der Waals surface area contributed by atoms with Crippen molar-refractivity contribution in [1.29, 1.82) is 0 Å². The summed E-state index contributed by atoms with van der Waals surface area (Å²) in [5.41, 5.74) is 0. The van der Waals surface area contributed by atoms with Crippen molar-refractivity contribution in [1.82, 2.24) is 4.72 Å². The highest BCUT2D eigenvalue weighted by Crippen LogP contribution is 2.30. The molecule has 1 saturated heterocycles. The number of ether oxygens (including phenoxy) is 2. The Bertz CT molecular complexity index is 997. The van der Waals surface area contributed by atoms with E-state index in [-0.39, 0.29) is 26.5 Å². The Balaban J connectivity index is 2.01. The molecule has 1 aliphatic rings. The number of rotatable bonds is 6. The van der Waals surface area contributed by atoms with E-state index in [0.29, 0.717) is 26.1 Å². The van der Waals surface area contributed by atoms with Gasteiger partial charge in [-0.05, 0) is 43.2 Å². The molecule has 0 amide bonds. The summed E-state index contributed by atoms with van der Waals surface area (Å²) in [5.74, 6) is 0.0848. The summed E-state index contributed by atoms with van der Waals surface area (Å²) < 4.78 is 64.4. The Kier molecular flexibility index (Phi) is 5.85. The van der Waals surface area contributed by atoms with Crippen LogP contribution in [0.4, 0.5) is 0 Å². The number of nitrogens with one attached hydrogen (secondary N) is 1. The van der Waals surface area contributed by atoms with E-state index in [0.717, 1.165) is 6.07 Å². The van der Waals surface area contributed by atoms with Crippen LogP contribution in [0.5, 0.6) is 5.75 Å². The third kappa shape index (κ3) is 4.32. The molecule has 3 rings (SSSR count). The van der Waals surface area contributed by atoms with Crippen molar-refractivity contribution in [3.05, 3.63) is 48.5 Å². The number of methoxy groups -OCH3 is 1. The molecule has 1 N–H and O–H groups in total. The maximum atomic E-state index is 12.9. The van der Waals surface area contributed by atoms with Crippen molar-refractivity contribution in [2.75, 3.05) is 20.3 Å². The van der Waals surface area contributed by atoms with Crippen LogP contribution in [-0.4, -0.2) is 43.2 Å². The summed E-state index contributed by atoms with van der Waals surface area (Å²) in [6.45, 7) is 0.958. The Hall–Kier alpha value is -1.94. The highest BCUT2D eigenvalue weighted by Gasteiger charge is 2.27. The molecular weight excluding hydrogens is 390 g/mol. The van der Waals surface area contributed by atoms with Gasteiger partial charge < -0.3 is 9.47 Å². The first-order valence-corrected chi connectivity index (χ1v) is 11.4. The standard InChI is InChI=1S/C18H21NO6S2/c1-24-17-8-7-16(26(20,21)15-5-3-2-4-6-15)13-18(17)27(22,23)19-14-9-11-25-12-10-14/h2-8,13-14,19H,9-12H2,1H3. The molecule has 2 aromatic rings. The van der Waals surface area contributed by atoms with Gasteiger partial charge in [-0.3, -0.25) is 0 Å². The fourth-order valence-electron chi connectivity index (χ4n) is 2.87. The molecule has 146 valence electrons. The van der Waals surface area contributed by atoms with Crippen LogP contribution in [0.25, 0.3) is 0 Å². The van der Waals surface area contributed by atoms with Crippen LogP contribution in [0.2, 0.25) is 0 Å². The second-order valence-corrected chi connectivity index (χ2v) is 9.77. The van der Waals surface area contributed by atoms with Crippen LogP contribution < -0.4 is 9.46 Å². The van der Waals surface area contributed by atoms with E-state index >= 15 is 0 Å². The van der Waals surface area contributed by atoms with Gasteiger partial charge in [0.2, 0.25) is 19.9 Å². The molecule has 0 bridgehead atoms. The van der Waals surface area contributed by atoms with Crippen LogP contribution in [-0.2, 0) is 24.6 Å². The Labute approximate surface area is 159 Å². The van der Waals surface area contributed by atoms with E-state index in [1.54, 1.807) is 18.2 Å². The first kappa shape index (κ1) is 19.8. The summed E-state index contributed by atoms with van der Waals surface area (Å²) in [6.07, 6.45) is 1.12. The smallest absolute Gasteiger partial charge is 0.244 e. The lowest BCUT2D eigenvalue weighted by Gasteiger charge is -2.23. The maximum Gasteiger partial charge on any atom is 0.244 e. The van der Waals surface area contributed by atoms with Gasteiger partial charge in [0, 0.05) is 19.3 Å². The molecule has 0 aliphatic carbocycles. The number of hydrogen-bond donors (Lipinski definition) is 1. The van der Waals surface area contributed by atoms with Gasteiger partial charge in [0.25, 0.3) is 0 Å². The fraction of sp³-hybridized carbons (Fsp3) is 0.333. The normalized spacial score (nSPS) is 16.2. The van der Waals surface area contributed by atoms with Crippen molar-refractivity contribution in [3.8, 4) is 5.75 Å². The number of sulfonamides is 1. The molecule has 9 heteroatoms. The van der Waals surface area contributed by atoms with Gasteiger partial charge in [-0.2, -0.15) is 0 Å². The average Bonchev–Trinajstić information content (AvgIpc) is 2.68. The first-order chi connectivity index (χ1) is 12.8. The van der Waals surface area contributed by atoms with Crippen LogP contribution >= 0.6 is 0 Å². The van der Waals surface area contributed by atoms with E-state index in [2.05, 4.69) is 4.72 Å². The highest BCUT2D eigenvalue weighted by atomic mass is 32.2. The lowest BCUT2D eigenvalue weighted by Crippen LogP contribution is -2.39. The van der Waals surface area contributed by atoms with Crippen molar-refractivity contribution >= 4 is 19.9 Å². The second kappa shape index (κ2) is 7.97. The first-order valence-electron chi connectivity index (χ1n) is 8.43. The average molecular weight is 412 g/mol. The van der Waals surface area contributed by atoms with Crippen molar-refractivity contribution < 1.29 is 26.3 Å². The number of sulfone groups is 1. The number of hydrogen-bond acceptors (Lipinski definition) is 6. The minimum atomic E-state index is -3.96. The Morgan fingerprint density at radius 3 is 2.26 bits per heavy atom. The molecule has 0 saturated carbocycles. The molecule has 0 unspecified atom stereocenters. The summed E-state index contributed by atoms with van der Waals surface area (Å²) in [6, 6.07) is 11.4. The maximum absolute atomic E-state index is 12.9. The zero-order chi connectivity index (χ0) is 19.5. The third-order valence-corrected chi connectivity index (χ3v) is 7.64. The monoisotopic (exact) mass is 411 g/mol. The molecule has 7 nitrogen and oxygen atoms in total. The van der Waals surface area contributed by atoms with E-state index in [1.165, 1.54) is 31.4 Å². The van der Waals surface area contributed by atoms with Crippen LogP contribution in [0, 0.1) is 0 Å². The second-order valence-electron chi connectivity index (χ2n) is 6.14. The highest BCUT2D eigenvalue weighted by molar-refractivity contribution is 7.91.